The molecule has 1 aliphatic heterocycles. The Bertz CT molecular complexity index is 419. The van der Waals surface area contributed by atoms with E-state index in [1.165, 1.54) is 0 Å². The smallest absolute Gasteiger partial charge is 0.308 e. The van der Waals surface area contributed by atoms with E-state index in [9.17, 15) is 4.79 Å². The zero-order valence-corrected chi connectivity index (χ0v) is 10.1. The standard InChI is InChI=1S/C13H17NO3/c1-9-12(13(15)16)6-7-14(9)10-4-3-5-11(8-10)17-2/h3-5,8-9,12H,6-7H2,1-2H3,(H,15,16). The van der Waals surface area contributed by atoms with E-state index in [-0.39, 0.29) is 12.0 Å². The largest absolute Gasteiger partial charge is 0.497 e. The average molecular weight is 235 g/mol. The van der Waals surface area contributed by atoms with Crippen LogP contribution in [-0.2, 0) is 4.79 Å². The van der Waals surface area contributed by atoms with Crippen LogP contribution in [0.4, 0.5) is 5.69 Å². The van der Waals surface area contributed by atoms with Crippen LogP contribution < -0.4 is 9.64 Å². The highest BCUT2D eigenvalue weighted by atomic mass is 16.5. The van der Waals surface area contributed by atoms with E-state index in [1.54, 1.807) is 7.11 Å². The van der Waals surface area contributed by atoms with Gasteiger partial charge >= 0.3 is 5.97 Å². The number of carboxylic acids is 1. The van der Waals surface area contributed by atoms with Crippen molar-refractivity contribution in [2.45, 2.75) is 19.4 Å². The molecule has 1 aromatic carbocycles. The number of ether oxygens (including phenoxy) is 1. The quantitative estimate of drug-likeness (QED) is 0.870. The van der Waals surface area contributed by atoms with Gasteiger partial charge in [-0.2, -0.15) is 0 Å². The summed E-state index contributed by atoms with van der Waals surface area (Å²) in [6.45, 7) is 2.75. The first-order valence-corrected chi connectivity index (χ1v) is 5.77. The van der Waals surface area contributed by atoms with E-state index in [1.807, 2.05) is 31.2 Å². The molecule has 0 spiro atoms. The maximum Gasteiger partial charge on any atom is 0.308 e. The molecule has 0 saturated carbocycles. The van der Waals surface area contributed by atoms with Crippen LogP contribution in [0.3, 0.4) is 0 Å². The van der Waals surface area contributed by atoms with Crippen LogP contribution in [0, 0.1) is 5.92 Å². The Kier molecular flexibility index (Phi) is 3.22. The molecule has 1 heterocycles. The van der Waals surface area contributed by atoms with Gasteiger partial charge in [0.25, 0.3) is 0 Å². The predicted octanol–water partition coefficient (Wildman–Crippen LogP) is 1.99. The van der Waals surface area contributed by atoms with Crippen LogP contribution in [0.15, 0.2) is 24.3 Å². The van der Waals surface area contributed by atoms with Gasteiger partial charge in [-0.25, -0.2) is 0 Å². The molecule has 17 heavy (non-hydrogen) atoms. The van der Waals surface area contributed by atoms with Gasteiger partial charge < -0.3 is 14.7 Å². The Hall–Kier alpha value is -1.71. The number of rotatable bonds is 3. The monoisotopic (exact) mass is 235 g/mol. The molecule has 1 fully saturated rings. The maximum atomic E-state index is 11.1. The second-order valence-corrected chi connectivity index (χ2v) is 4.37. The topological polar surface area (TPSA) is 49.8 Å². The van der Waals surface area contributed by atoms with E-state index in [2.05, 4.69) is 4.90 Å². The van der Waals surface area contributed by atoms with Crippen molar-refractivity contribution in [2.24, 2.45) is 5.92 Å². The zero-order chi connectivity index (χ0) is 12.4. The number of hydrogen-bond donors (Lipinski definition) is 1. The van der Waals surface area contributed by atoms with Crippen molar-refractivity contribution >= 4 is 11.7 Å². The minimum Gasteiger partial charge on any atom is -0.497 e. The molecule has 1 N–H and O–H groups in total. The number of methoxy groups -OCH3 is 1. The van der Waals surface area contributed by atoms with Crippen LogP contribution >= 0.6 is 0 Å². The fourth-order valence-corrected chi connectivity index (χ4v) is 2.42. The molecule has 0 bridgehead atoms. The molecule has 0 radical (unpaired) electrons. The SMILES string of the molecule is COc1cccc(N2CCC(C(=O)O)C2C)c1. The van der Waals surface area contributed by atoms with Crippen molar-refractivity contribution in [3.63, 3.8) is 0 Å². The molecule has 2 atom stereocenters. The van der Waals surface area contributed by atoms with Crippen LogP contribution in [0.5, 0.6) is 5.75 Å². The minimum atomic E-state index is -0.706. The zero-order valence-electron chi connectivity index (χ0n) is 10.1. The Balaban J connectivity index is 2.20. The summed E-state index contributed by atoms with van der Waals surface area (Å²) in [4.78, 5) is 13.2. The van der Waals surface area contributed by atoms with Gasteiger partial charge in [0.05, 0.1) is 13.0 Å². The molecule has 92 valence electrons. The van der Waals surface area contributed by atoms with Gasteiger partial charge in [0.1, 0.15) is 5.75 Å². The second-order valence-electron chi connectivity index (χ2n) is 4.37. The van der Waals surface area contributed by atoms with Gasteiger partial charge in [-0.15, -0.1) is 0 Å². The van der Waals surface area contributed by atoms with Gasteiger partial charge in [0, 0.05) is 24.3 Å². The predicted molar refractivity (Wildman–Crippen MR) is 65.5 cm³/mol. The van der Waals surface area contributed by atoms with Gasteiger partial charge in [-0.3, -0.25) is 4.79 Å². The number of anilines is 1. The highest BCUT2D eigenvalue weighted by Crippen LogP contribution is 2.31. The number of nitrogens with zero attached hydrogens (tertiary/aromatic N) is 1. The summed E-state index contributed by atoms with van der Waals surface area (Å²) in [5.41, 5.74) is 1.03. The summed E-state index contributed by atoms with van der Waals surface area (Å²) in [5, 5.41) is 9.10. The Morgan fingerprint density at radius 2 is 2.29 bits per heavy atom. The molecule has 1 aliphatic rings. The lowest BCUT2D eigenvalue weighted by Crippen LogP contribution is -2.32. The van der Waals surface area contributed by atoms with Crippen LogP contribution in [0.25, 0.3) is 0 Å². The normalized spacial score (nSPS) is 23.8. The fraction of sp³-hybridized carbons (Fsp3) is 0.462. The highest BCUT2D eigenvalue weighted by molar-refractivity contribution is 5.73. The number of carboxylic acid groups (broad SMARTS) is 1. The van der Waals surface area contributed by atoms with E-state index in [0.717, 1.165) is 18.0 Å². The molecule has 0 aliphatic carbocycles. The van der Waals surface area contributed by atoms with Crippen molar-refractivity contribution in [2.75, 3.05) is 18.6 Å². The molecule has 4 heteroatoms. The van der Waals surface area contributed by atoms with Gasteiger partial charge in [0.2, 0.25) is 0 Å². The molecule has 0 aromatic heterocycles. The lowest BCUT2D eigenvalue weighted by atomic mass is 10.0. The molecule has 1 saturated heterocycles. The summed E-state index contributed by atoms with van der Waals surface area (Å²) < 4.78 is 5.18. The second kappa shape index (κ2) is 4.65. The van der Waals surface area contributed by atoms with E-state index in [0.29, 0.717) is 6.42 Å². The molecule has 1 aromatic rings. The van der Waals surface area contributed by atoms with Crippen molar-refractivity contribution < 1.29 is 14.6 Å². The molecule has 0 amide bonds. The summed E-state index contributed by atoms with van der Waals surface area (Å²) in [7, 11) is 1.63. The lowest BCUT2D eigenvalue weighted by molar-refractivity contribution is -0.141. The van der Waals surface area contributed by atoms with Crippen molar-refractivity contribution in [3.8, 4) is 5.75 Å². The third-order valence-corrected chi connectivity index (χ3v) is 3.46. The number of aliphatic carboxylic acids is 1. The first kappa shape index (κ1) is 11.8. The highest BCUT2D eigenvalue weighted by Gasteiger charge is 2.35. The third kappa shape index (κ3) is 2.20. The van der Waals surface area contributed by atoms with Gasteiger partial charge in [0.15, 0.2) is 0 Å². The number of hydrogen-bond acceptors (Lipinski definition) is 3. The maximum absolute atomic E-state index is 11.1. The first-order valence-electron chi connectivity index (χ1n) is 5.77. The van der Waals surface area contributed by atoms with E-state index in [4.69, 9.17) is 9.84 Å². The van der Waals surface area contributed by atoms with Gasteiger partial charge in [-0.1, -0.05) is 6.07 Å². The van der Waals surface area contributed by atoms with E-state index < -0.39 is 5.97 Å². The van der Waals surface area contributed by atoms with E-state index >= 15 is 0 Å². The fourth-order valence-electron chi connectivity index (χ4n) is 2.42. The molecular weight excluding hydrogens is 218 g/mol. The number of benzene rings is 1. The van der Waals surface area contributed by atoms with Gasteiger partial charge in [-0.05, 0) is 25.5 Å². The first-order chi connectivity index (χ1) is 8.13. The molecule has 2 unspecified atom stereocenters. The summed E-state index contributed by atoms with van der Waals surface area (Å²) >= 11 is 0. The molecule has 2 rings (SSSR count). The minimum absolute atomic E-state index is 0.0274. The summed E-state index contributed by atoms with van der Waals surface area (Å²) in [5.74, 6) is -0.183. The van der Waals surface area contributed by atoms with Crippen LogP contribution in [0.1, 0.15) is 13.3 Å². The lowest BCUT2D eigenvalue weighted by Gasteiger charge is -2.25. The van der Waals surface area contributed by atoms with Crippen molar-refractivity contribution in [1.29, 1.82) is 0 Å². The van der Waals surface area contributed by atoms with Crippen LogP contribution in [-0.4, -0.2) is 30.8 Å². The summed E-state index contributed by atoms with van der Waals surface area (Å²) in [6, 6.07) is 7.78. The molecule has 4 nitrogen and oxygen atoms in total. The Morgan fingerprint density at radius 3 is 2.88 bits per heavy atom. The Labute approximate surface area is 101 Å². The van der Waals surface area contributed by atoms with Crippen molar-refractivity contribution in [1.82, 2.24) is 0 Å². The van der Waals surface area contributed by atoms with Crippen molar-refractivity contribution in [3.05, 3.63) is 24.3 Å². The summed E-state index contributed by atoms with van der Waals surface area (Å²) in [6.07, 6.45) is 0.702. The Morgan fingerprint density at radius 1 is 1.53 bits per heavy atom. The average Bonchev–Trinajstić information content (AvgIpc) is 2.71. The molecular formula is C13H17NO3. The third-order valence-electron chi connectivity index (χ3n) is 3.46. The number of carbonyl (C=O) groups is 1. The van der Waals surface area contributed by atoms with Crippen LogP contribution in [0.2, 0.25) is 0 Å².